The number of fused-ring (bicyclic) bond motifs is 1. The molecule has 2 heterocycles. The van der Waals surface area contributed by atoms with Crippen LogP contribution in [0.5, 0.6) is 0 Å². The molecule has 1 N–H and O–H groups in total. The summed E-state index contributed by atoms with van der Waals surface area (Å²) in [6.07, 6.45) is 2.45. The minimum atomic E-state index is -0.838. The molecular formula is C22H22F2N2O. The van der Waals surface area contributed by atoms with Crippen LogP contribution in [0.4, 0.5) is 14.5 Å². The Morgan fingerprint density at radius 1 is 1.15 bits per heavy atom. The fourth-order valence-electron chi connectivity index (χ4n) is 3.98. The Kier molecular flexibility index (Phi) is 4.46. The number of aromatic nitrogens is 1. The fourth-order valence-corrected chi connectivity index (χ4v) is 3.98. The molecule has 3 nitrogen and oxygen atoms in total. The van der Waals surface area contributed by atoms with Crippen LogP contribution in [0, 0.1) is 24.5 Å². The first-order chi connectivity index (χ1) is 12.9. The number of hydrogen-bond acceptors (Lipinski definition) is 2. The molecule has 0 saturated carbocycles. The summed E-state index contributed by atoms with van der Waals surface area (Å²) in [5.74, 6) is -0.863. The van der Waals surface area contributed by atoms with Crippen LogP contribution in [0.3, 0.4) is 0 Å². The second kappa shape index (κ2) is 6.80. The van der Waals surface area contributed by atoms with Gasteiger partial charge in [0.15, 0.2) is 5.43 Å². The van der Waals surface area contributed by atoms with E-state index >= 15 is 0 Å². The second-order valence-corrected chi connectivity index (χ2v) is 7.50. The third-order valence-electron chi connectivity index (χ3n) is 5.44. The molecule has 0 unspecified atom stereocenters. The summed E-state index contributed by atoms with van der Waals surface area (Å²) in [6.45, 7) is 6.02. The van der Waals surface area contributed by atoms with Gasteiger partial charge in [0, 0.05) is 30.4 Å². The van der Waals surface area contributed by atoms with E-state index in [9.17, 15) is 13.6 Å². The van der Waals surface area contributed by atoms with Crippen molar-refractivity contribution in [1.82, 2.24) is 4.98 Å². The second-order valence-electron chi connectivity index (χ2n) is 7.50. The molecule has 1 saturated heterocycles. The van der Waals surface area contributed by atoms with E-state index in [-0.39, 0.29) is 10.9 Å². The van der Waals surface area contributed by atoms with Gasteiger partial charge < -0.3 is 9.88 Å². The van der Waals surface area contributed by atoms with Crippen LogP contribution < -0.4 is 10.3 Å². The summed E-state index contributed by atoms with van der Waals surface area (Å²) >= 11 is 0. The molecule has 1 fully saturated rings. The molecule has 3 aromatic rings. The largest absolute Gasteiger partial charge is 0.371 e. The Bertz CT molecular complexity index is 1060. The number of nitrogens with one attached hydrogen (secondary N) is 1. The van der Waals surface area contributed by atoms with Crippen LogP contribution in [0.2, 0.25) is 0 Å². The highest BCUT2D eigenvalue weighted by atomic mass is 19.1. The molecule has 1 atom stereocenters. The van der Waals surface area contributed by atoms with E-state index in [2.05, 4.69) is 16.8 Å². The van der Waals surface area contributed by atoms with Crippen molar-refractivity contribution in [3.63, 3.8) is 0 Å². The molecule has 0 spiro atoms. The summed E-state index contributed by atoms with van der Waals surface area (Å²) in [4.78, 5) is 18.0. The molecule has 1 aliphatic rings. The predicted molar refractivity (Wildman–Crippen MR) is 105 cm³/mol. The van der Waals surface area contributed by atoms with Crippen molar-refractivity contribution in [1.29, 1.82) is 0 Å². The number of benzene rings is 2. The zero-order valence-electron chi connectivity index (χ0n) is 15.5. The van der Waals surface area contributed by atoms with Crippen LogP contribution in [0.25, 0.3) is 22.2 Å². The number of anilines is 1. The lowest BCUT2D eigenvalue weighted by molar-refractivity contribution is 0.447. The standard InChI is InChI=1S/C22H22F2N2O/c1-13-4-3-9-26(12-13)17-7-5-15(6-8-17)21-14(2)22(27)20-18(24)10-16(23)11-19(20)25-21/h5-8,10-11,13H,3-4,9,12H2,1-2H3,(H,25,27)/t13-/m0/s1. The lowest BCUT2D eigenvalue weighted by atomic mass is 9.99. The van der Waals surface area contributed by atoms with Crippen LogP contribution in [0.1, 0.15) is 25.3 Å². The predicted octanol–water partition coefficient (Wildman–Crippen LogP) is 5.02. The van der Waals surface area contributed by atoms with Crippen LogP contribution in [-0.4, -0.2) is 18.1 Å². The Hall–Kier alpha value is -2.69. The van der Waals surface area contributed by atoms with Crippen molar-refractivity contribution < 1.29 is 8.78 Å². The monoisotopic (exact) mass is 368 g/mol. The molecule has 1 aliphatic heterocycles. The van der Waals surface area contributed by atoms with Gasteiger partial charge in [-0.05, 0) is 49.4 Å². The maximum absolute atomic E-state index is 14.0. The van der Waals surface area contributed by atoms with Gasteiger partial charge in [-0.25, -0.2) is 8.78 Å². The lowest BCUT2D eigenvalue weighted by Gasteiger charge is -2.32. The minimum Gasteiger partial charge on any atom is -0.371 e. The van der Waals surface area contributed by atoms with E-state index in [1.807, 2.05) is 24.3 Å². The van der Waals surface area contributed by atoms with Crippen molar-refractivity contribution in [2.45, 2.75) is 26.7 Å². The van der Waals surface area contributed by atoms with Crippen LogP contribution in [0.15, 0.2) is 41.2 Å². The summed E-state index contributed by atoms with van der Waals surface area (Å²) in [7, 11) is 0. The van der Waals surface area contributed by atoms with Gasteiger partial charge in [0.25, 0.3) is 0 Å². The zero-order chi connectivity index (χ0) is 19.1. The van der Waals surface area contributed by atoms with Gasteiger partial charge in [0.05, 0.1) is 16.6 Å². The van der Waals surface area contributed by atoms with Gasteiger partial charge in [-0.2, -0.15) is 0 Å². The highest BCUT2D eigenvalue weighted by molar-refractivity contribution is 5.84. The number of rotatable bonds is 2. The van der Waals surface area contributed by atoms with Gasteiger partial charge in [-0.1, -0.05) is 19.1 Å². The summed E-state index contributed by atoms with van der Waals surface area (Å²) in [5, 5.41) is -0.100. The summed E-state index contributed by atoms with van der Waals surface area (Å²) in [6, 6.07) is 9.89. The van der Waals surface area contributed by atoms with E-state index in [1.165, 1.54) is 12.8 Å². The van der Waals surface area contributed by atoms with Crippen molar-refractivity contribution in [3.05, 3.63) is 63.8 Å². The SMILES string of the molecule is Cc1c(-c2ccc(N3CCC[C@H](C)C3)cc2)[nH]c2cc(F)cc(F)c2c1=O. The summed E-state index contributed by atoms with van der Waals surface area (Å²) < 4.78 is 27.6. The number of hydrogen-bond donors (Lipinski definition) is 1. The molecule has 0 aliphatic carbocycles. The van der Waals surface area contributed by atoms with Crippen molar-refractivity contribution >= 4 is 16.6 Å². The van der Waals surface area contributed by atoms with Gasteiger partial charge >= 0.3 is 0 Å². The summed E-state index contributed by atoms with van der Waals surface area (Å²) in [5.41, 5.74) is 2.76. The van der Waals surface area contributed by atoms with E-state index < -0.39 is 17.1 Å². The van der Waals surface area contributed by atoms with Crippen molar-refractivity contribution in [2.24, 2.45) is 5.92 Å². The first kappa shape index (κ1) is 17.7. The van der Waals surface area contributed by atoms with E-state index in [0.29, 0.717) is 17.2 Å². The molecule has 0 bridgehead atoms. The molecule has 2 aromatic carbocycles. The number of halogens is 2. The van der Waals surface area contributed by atoms with Gasteiger partial charge in [0.1, 0.15) is 11.6 Å². The quantitative estimate of drug-likeness (QED) is 0.690. The topological polar surface area (TPSA) is 36.1 Å². The molecule has 0 amide bonds. The molecule has 27 heavy (non-hydrogen) atoms. The first-order valence-corrected chi connectivity index (χ1v) is 9.31. The van der Waals surface area contributed by atoms with Crippen molar-refractivity contribution in [3.8, 4) is 11.3 Å². The Labute approximate surface area is 156 Å². The van der Waals surface area contributed by atoms with Gasteiger partial charge in [0.2, 0.25) is 0 Å². The number of nitrogens with zero attached hydrogens (tertiary/aromatic N) is 1. The Morgan fingerprint density at radius 3 is 2.59 bits per heavy atom. The maximum Gasteiger partial charge on any atom is 0.195 e. The molecule has 140 valence electrons. The third kappa shape index (κ3) is 3.22. The molecule has 1 aromatic heterocycles. The maximum atomic E-state index is 14.0. The smallest absolute Gasteiger partial charge is 0.195 e. The van der Waals surface area contributed by atoms with Gasteiger partial charge in [-0.3, -0.25) is 4.79 Å². The minimum absolute atomic E-state index is 0.100. The first-order valence-electron chi connectivity index (χ1n) is 9.31. The molecular weight excluding hydrogens is 346 g/mol. The van der Waals surface area contributed by atoms with Gasteiger partial charge in [-0.15, -0.1) is 0 Å². The number of piperidine rings is 1. The van der Waals surface area contributed by atoms with Crippen LogP contribution in [-0.2, 0) is 0 Å². The fraction of sp³-hybridized carbons (Fsp3) is 0.318. The normalized spacial score (nSPS) is 17.5. The number of pyridine rings is 1. The van der Waals surface area contributed by atoms with E-state index in [1.54, 1.807) is 6.92 Å². The number of H-pyrrole nitrogens is 1. The van der Waals surface area contributed by atoms with Crippen LogP contribution >= 0.6 is 0 Å². The van der Waals surface area contributed by atoms with Crippen molar-refractivity contribution in [2.75, 3.05) is 18.0 Å². The Balaban J connectivity index is 1.76. The molecule has 0 radical (unpaired) electrons. The lowest BCUT2D eigenvalue weighted by Crippen LogP contribution is -2.34. The molecule has 5 heteroatoms. The highest BCUT2D eigenvalue weighted by Crippen LogP contribution is 2.28. The average Bonchev–Trinajstić information content (AvgIpc) is 2.64. The molecule has 4 rings (SSSR count). The average molecular weight is 368 g/mol. The van der Waals surface area contributed by atoms with E-state index in [0.717, 1.165) is 36.5 Å². The zero-order valence-corrected chi connectivity index (χ0v) is 15.5. The number of aromatic amines is 1. The van der Waals surface area contributed by atoms with E-state index in [4.69, 9.17) is 0 Å². The Morgan fingerprint density at radius 2 is 1.89 bits per heavy atom. The highest BCUT2D eigenvalue weighted by Gasteiger charge is 2.18. The third-order valence-corrected chi connectivity index (χ3v) is 5.44.